The summed E-state index contributed by atoms with van der Waals surface area (Å²) in [6.45, 7) is 1.72. The van der Waals surface area contributed by atoms with Crippen LogP contribution in [0.25, 0.3) is 10.9 Å². The predicted octanol–water partition coefficient (Wildman–Crippen LogP) is 1.72. The van der Waals surface area contributed by atoms with E-state index in [-0.39, 0.29) is 64.1 Å². The van der Waals surface area contributed by atoms with Gasteiger partial charge in [0.25, 0.3) is 0 Å². The van der Waals surface area contributed by atoms with Crippen molar-refractivity contribution in [2.45, 2.75) is 133 Å². The lowest BCUT2D eigenvalue weighted by Crippen LogP contribution is -2.60. The fraction of sp³-hybridized carbons (Fsp3) is 0.532. The maximum atomic E-state index is 14.6. The smallest absolute Gasteiger partial charge is 0.312 e. The van der Waals surface area contributed by atoms with Crippen LogP contribution in [0.3, 0.4) is 0 Å². The molecule has 1 saturated carbocycles. The van der Waals surface area contributed by atoms with Gasteiger partial charge in [0, 0.05) is 56.5 Å². The van der Waals surface area contributed by atoms with E-state index in [1.807, 2.05) is 54.6 Å². The van der Waals surface area contributed by atoms with Crippen LogP contribution < -0.4 is 43.0 Å². The lowest BCUT2D eigenvalue weighted by Gasteiger charge is -2.32. The molecule has 3 aliphatic rings. The Bertz CT molecular complexity index is 2160. The van der Waals surface area contributed by atoms with Gasteiger partial charge in [-0.1, -0.05) is 80.6 Å². The van der Waals surface area contributed by atoms with Gasteiger partial charge in [0.15, 0.2) is 0 Å². The Morgan fingerprint density at radius 1 is 0.785 bits per heavy atom. The van der Waals surface area contributed by atoms with Gasteiger partial charge in [-0.25, -0.2) is 4.79 Å². The largest absolute Gasteiger partial charge is 0.361 e. The molecular formula is C47H64N10O8. The SMILES string of the molecule is CC(=O)N[C@@H](Cc1ccccc1)C(=O)N[C@H]1CCCNC(=O)C(CCCNC(N)=O)NC(=O)C(Cc2c[nH]c3ccccc23)NC(=O)[C@@H](CC2CCCCC2)NC(=O)C2CCCN2C1=O. The summed E-state index contributed by atoms with van der Waals surface area (Å²) < 4.78 is 0. The van der Waals surface area contributed by atoms with Gasteiger partial charge in [0.2, 0.25) is 41.4 Å². The van der Waals surface area contributed by atoms with E-state index in [1.54, 1.807) is 6.20 Å². The van der Waals surface area contributed by atoms with Crippen LogP contribution in [0.15, 0.2) is 60.8 Å². The minimum atomic E-state index is -1.16. The minimum Gasteiger partial charge on any atom is -0.361 e. The van der Waals surface area contributed by atoms with Crippen LogP contribution in [-0.4, -0.2) is 113 Å². The summed E-state index contributed by atoms with van der Waals surface area (Å²) >= 11 is 0. The number of amides is 9. The number of hydrogen-bond donors (Lipinski definition) is 9. The number of benzene rings is 2. The standard InChI is InChI=1S/C47H64N10O8/c1-29(58)52-37(25-30-13-4-2-5-14-30)42(60)54-36-20-11-22-49-41(59)35(19-10-23-50-47(48)65)53-44(62)39(27-32-28-51-34-18-9-8-17-33(32)34)55-43(61)38(26-31-15-6-3-7-16-31)56-45(63)40-21-12-24-57(40)46(36)64/h2,4-5,8-9,13-14,17-18,28,31,35-40,51H,3,6-7,10-12,15-16,19-27H2,1H3,(H,49,59)(H,52,58)(H,53,62)(H,54,60)(H,55,61)(H,56,63)(H3,48,50,65)/t35?,36-,37-,38+,39?,40?/m0/s1. The second-order valence-corrected chi connectivity index (χ2v) is 17.5. The first kappa shape index (κ1) is 48.0. The molecule has 18 nitrogen and oxygen atoms in total. The molecule has 6 atom stereocenters. The van der Waals surface area contributed by atoms with Crippen molar-refractivity contribution in [2.24, 2.45) is 11.7 Å². The van der Waals surface area contributed by atoms with Crippen LogP contribution >= 0.6 is 0 Å². The fourth-order valence-electron chi connectivity index (χ4n) is 9.29. The summed E-state index contributed by atoms with van der Waals surface area (Å²) in [5.41, 5.74) is 7.66. The Labute approximate surface area is 379 Å². The lowest BCUT2D eigenvalue weighted by atomic mass is 9.84. The zero-order valence-corrected chi connectivity index (χ0v) is 37.1. The zero-order valence-electron chi connectivity index (χ0n) is 37.1. The van der Waals surface area contributed by atoms with Crippen molar-refractivity contribution >= 4 is 58.3 Å². The van der Waals surface area contributed by atoms with Gasteiger partial charge in [0.1, 0.15) is 36.3 Å². The summed E-state index contributed by atoms with van der Waals surface area (Å²) in [7, 11) is 0. The van der Waals surface area contributed by atoms with Gasteiger partial charge in [-0.2, -0.15) is 0 Å². The maximum absolute atomic E-state index is 14.6. The van der Waals surface area contributed by atoms with E-state index in [0.717, 1.165) is 54.1 Å². The third-order valence-corrected chi connectivity index (χ3v) is 12.7. The first-order valence-electron chi connectivity index (χ1n) is 23.0. The molecule has 1 aromatic heterocycles. The number of rotatable bonds is 13. The molecule has 0 radical (unpaired) electrons. The molecule has 3 heterocycles. The molecule has 6 rings (SSSR count). The molecule has 0 spiro atoms. The van der Waals surface area contributed by atoms with Gasteiger partial charge in [0.05, 0.1) is 0 Å². The molecular weight excluding hydrogens is 833 g/mol. The lowest BCUT2D eigenvalue weighted by molar-refractivity contribution is -0.142. The molecule has 9 amide bonds. The average molecular weight is 897 g/mol. The van der Waals surface area contributed by atoms with Gasteiger partial charge in [-0.3, -0.25) is 33.6 Å². The number of aromatic amines is 1. The van der Waals surface area contributed by atoms with Gasteiger partial charge >= 0.3 is 6.03 Å². The topological polar surface area (TPSA) is 266 Å². The number of carbonyl (C=O) groups is 8. The second kappa shape index (κ2) is 23.5. The number of nitrogens with one attached hydrogen (secondary N) is 8. The summed E-state index contributed by atoms with van der Waals surface area (Å²) in [6, 6.07) is 9.56. The molecule has 3 aromatic rings. The number of aromatic nitrogens is 1. The van der Waals surface area contributed by atoms with Gasteiger partial charge < -0.3 is 52.8 Å². The van der Waals surface area contributed by atoms with Crippen LogP contribution in [0.2, 0.25) is 0 Å². The number of hydrogen-bond acceptors (Lipinski definition) is 8. The van der Waals surface area contributed by atoms with E-state index < -0.39 is 83.6 Å². The molecule has 1 aliphatic carbocycles. The van der Waals surface area contributed by atoms with Crippen molar-refractivity contribution in [3.63, 3.8) is 0 Å². The zero-order chi connectivity index (χ0) is 46.3. The Kier molecular flexibility index (Phi) is 17.3. The number of H-pyrrole nitrogens is 1. The highest BCUT2D eigenvalue weighted by atomic mass is 16.2. The predicted molar refractivity (Wildman–Crippen MR) is 242 cm³/mol. The van der Waals surface area contributed by atoms with Gasteiger partial charge in [-0.05, 0) is 68.1 Å². The summed E-state index contributed by atoms with van der Waals surface area (Å²) in [5.74, 6) is -3.61. The molecule has 10 N–H and O–H groups in total. The van der Waals surface area contributed by atoms with E-state index in [0.29, 0.717) is 19.3 Å². The Morgan fingerprint density at radius 2 is 1.49 bits per heavy atom. The normalized spacial score (nSPS) is 23.4. The summed E-state index contributed by atoms with van der Waals surface area (Å²) in [6.07, 6.45) is 8.61. The van der Waals surface area contributed by atoms with Crippen LogP contribution in [-0.2, 0) is 46.4 Å². The molecule has 0 bridgehead atoms. The number of para-hydroxylation sites is 1. The van der Waals surface area contributed by atoms with Crippen molar-refractivity contribution in [3.05, 3.63) is 71.9 Å². The average Bonchev–Trinajstić information content (AvgIpc) is 3.95. The molecule has 2 saturated heterocycles. The maximum Gasteiger partial charge on any atom is 0.312 e. The molecule has 2 aliphatic heterocycles. The van der Waals surface area contributed by atoms with Crippen LogP contribution in [0.5, 0.6) is 0 Å². The van der Waals surface area contributed by atoms with E-state index in [2.05, 4.69) is 42.2 Å². The highest BCUT2D eigenvalue weighted by molar-refractivity contribution is 5.98. The first-order chi connectivity index (χ1) is 31.4. The van der Waals surface area contributed by atoms with Crippen LogP contribution in [0, 0.1) is 5.92 Å². The highest BCUT2D eigenvalue weighted by Crippen LogP contribution is 2.28. The Morgan fingerprint density at radius 3 is 2.25 bits per heavy atom. The van der Waals surface area contributed by atoms with Crippen molar-refractivity contribution < 1.29 is 38.4 Å². The molecule has 65 heavy (non-hydrogen) atoms. The molecule has 350 valence electrons. The van der Waals surface area contributed by atoms with E-state index in [4.69, 9.17) is 5.73 Å². The van der Waals surface area contributed by atoms with Crippen molar-refractivity contribution in [3.8, 4) is 0 Å². The third-order valence-electron chi connectivity index (χ3n) is 12.7. The first-order valence-corrected chi connectivity index (χ1v) is 23.0. The Hall–Kier alpha value is -6.46. The van der Waals surface area contributed by atoms with Crippen LogP contribution in [0.4, 0.5) is 4.79 Å². The fourth-order valence-corrected chi connectivity index (χ4v) is 9.29. The van der Waals surface area contributed by atoms with Crippen molar-refractivity contribution in [2.75, 3.05) is 19.6 Å². The van der Waals surface area contributed by atoms with Crippen molar-refractivity contribution in [1.82, 2.24) is 47.1 Å². The minimum absolute atomic E-state index is 0.0474. The van der Waals surface area contributed by atoms with E-state index in [1.165, 1.54) is 11.8 Å². The van der Waals surface area contributed by atoms with Crippen molar-refractivity contribution in [1.29, 1.82) is 0 Å². The Balaban J connectivity index is 1.31. The van der Waals surface area contributed by atoms with E-state index in [9.17, 15) is 38.4 Å². The molecule has 3 fully saturated rings. The van der Waals surface area contributed by atoms with E-state index >= 15 is 0 Å². The number of nitrogens with zero attached hydrogens (tertiary/aromatic N) is 1. The number of urea groups is 1. The molecule has 2 aromatic carbocycles. The quantitative estimate of drug-likeness (QED) is 0.114. The number of fused-ring (bicyclic) bond motifs is 2. The third kappa shape index (κ3) is 13.8. The number of primary amides is 1. The number of carbonyl (C=O) groups excluding carboxylic acids is 8. The molecule has 18 heteroatoms. The second-order valence-electron chi connectivity index (χ2n) is 17.5. The number of nitrogens with two attached hydrogens (primary N) is 1. The highest BCUT2D eigenvalue weighted by Gasteiger charge is 2.40. The monoisotopic (exact) mass is 896 g/mol. The summed E-state index contributed by atoms with van der Waals surface area (Å²) in [5, 5.41) is 20.6. The van der Waals surface area contributed by atoms with Gasteiger partial charge in [-0.15, -0.1) is 0 Å². The summed E-state index contributed by atoms with van der Waals surface area (Å²) in [4.78, 5) is 114. The molecule has 3 unspecified atom stereocenters. The van der Waals surface area contributed by atoms with Crippen LogP contribution in [0.1, 0.15) is 95.1 Å².